The molecule has 0 rings (SSSR count). The van der Waals surface area contributed by atoms with E-state index in [-0.39, 0.29) is 6.61 Å². The lowest BCUT2D eigenvalue weighted by Crippen LogP contribution is -2.19. The average molecular weight is 134 g/mol. The van der Waals surface area contributed by atoms with Gasteiger partial charge in [0.05, 0.1) is 6.61 Å². The maximum absolute atomic E-state index is 8.50. The van der Waals surface area contributed by atoms with Crippen molar-refractivity contribution in [3.05, 3.63) is 0 Å². The number of methoxy groups -OCH3 is 1. The summed E-state index contributed by atoms with van der Waals surface area (Å²) in [7, 11) is 1.51. The molecule has 0 aliphatic rings. The lowest BCUT2D eigenvalue weighted by molar-refractivity contribution is -0.145. The third-order valence-electron chi connectivity index (χ3n) is 0.920. The molecule has 0 aliphatic carbocycles. The van der Waals surface area contributed by atoms with Gasteiger partial charge in [-0.25, -0.2) is 0 Å². The molecule has 0 spiro atoms. The molecule has 0 saturated heterocycles. The van der Waals surface area contributed by atoms with Gasteiger partial charge in [0.15, 0.2) is 6.29 Å². The van der Waals surface area contributed by atoms with Crippen LogP contribution >= 0.6 is 0 Å². The quantitative estimate of drug-likeness (QED) is 0.552. The van der Waals surface area contributed by atoms with E-state index in [0.717, 1.165) is 6.42 Å². The summed E-state index contributed by atoms with van der Waals surface area (Å²) in [4.78, 5) is 0. The minimum Gasteiger partial charge on any atom is -0.391 e. The number of hydrogen-bond acceptors (Lipinski definition) is 3. The van der Waals surface area contributed by atoms with Crippen LogP contribution in [0, 0.1) is 0 Å². The van der Waals surface area contributed by atoms with Crippen molar-refractivity contribution in [2.24, 2.45) is 0 Å². The van der Waals surface area contributed by atoms with Gasteiger partial charge >= 0.3 is 0 Å². The summed E-state index contributed by atoms with van der Waals surface area (Å²) in [6.07, 6.45) is 0.504. The normalized spacial score (nSPS) is 13.7. The summed E-state index contributed by atoms with van der Waals surface area (Å²) in [6, 6.07) is 0. The van der Waals surface area contributed by atoms with Gasteiger partial charge in [-0.3, -0.25) is 0 Å². The lowest BCUT2D eigenvalue weighted by atomic mass is 10.5. The first-order chi connectivity index (χ1) is 4.35. The Labute approximate surface area is 55.6 Å². The third kappa shape index (κ3) is 4.39. The maximum Gasteiger partial charge on any atom is 0.180 e. The van der Waals surface area contributed by atoms with E-state index in [1.165, 1.54) is 7.11 Å². The van der Waals surface area contributed by atoms with Crippen molar-refractivity contribution in [3.8, 4) is 0 Å². The van der Waals surface area contributed by atoms with Gasteiger partial charge < -0.3 is 14.6 Å². The topological polar surface area (TPSA) is 38.7 Å². The Balaban J connectivity index is 3.09. The molecule has 1 unspecified atom stereocenters. The maximum atomic E-state index is 8.50. The van der Waals surface area contributed by atoms with Crippen LogP contribution in [-0.4, -0.2) is 31.7 Å². The van der Waals surface area contributed by atoms with Crippen LogP contribution in [0.2, 0.25) is 0 Å². The summed E-state index contributed by atoms with van der Waals surface area (Å²) in [5, 5.41) is 8.50. The summed E-state index contributed by atoms with van der Waals surface area (Å²) in [6.45, 7) is 2.57. The smallest absolute Gasteiger partial charge is 0.180 e. The molecule has 3 nitrogen and oxygen atoms in total. The highest BCUT2D eigenvalue weighted by Gasteiger charge is 2.01. The minimum absolute atomic E-state index is 0.0729. The zero-order valence-electron chi connectivity index (χ0n) is 5.96. The molecule has 9 heavy (non-hydrogen) atoms. The van der Waals surface area contributed by atoms with Crippen LogP contribution < -0.4 is 0 Å². The zero-order valence-corrected chi connectivity index (χ0v) is 5.96. The second-order valence-corrected chi connectivity index (χ2v) is 1.72. The minimum atomic E-state index is -0.440. The van der Waals surface area contributed by atoms with Gasteiger partial charge in [-0.15, -0.1) is 0 Å². The molecular formula is C6H14O3. The average Bonchev–Trinajstić information content (AvgIpc) is 1.91. The third-order valence-corrected chi connectivity index (χ3v) is 0.920. The van der Waals surface area contributed by atoms with Crippen LogP contribution in [0.3, 0.4) is 0 Å². The molecule has 0 radical (unpaired) electrons. The van der Waals surface area contributed by atoms with E-state index in [4.69, 9.17) is 14.6 Å². The van der Waals surface area contributed by atoms with Gasteiger partial charge in [0.25, 0.3) is 0 Å². The SMILES string of the molecule is CCCOC(CO)OC. The highest BCUT2D eigenvalue weighted by molar-refractivity contribution is 4.36. The molecule has 0 bridgehead atoms. The van der Waals surface area contributed by atoms with Crippen LogP contribution in [0.1, 0.15) is 13.3 Å². The van der Waals surface area contributed by atoms with E-state index in [2.05, 4.69) is 0 Å². The van der Waals surface area contributed by atoms with E-state index in [1.807, 2.05) is 6.92 Å². The van der Waals surface area contributed by atoms with Crippen molar-refractivity contribution in [2.45, 2.75) is 19.6 Å². The van der Waals surface area contributed by atoms with E-state index in [9.17, 15) is 0 Å². The predicted octanol–water partition coefficient (Wildman–Crippen LogP) is 0.378. The van der Waals surface area contributed by atoms with Crippen molar-refractivity contribution >= 4 is 0 Å². The second-order valence-electron chi connectivity index (χ2n) is 1.72. The summed E-state index contributed by atoms with van der Waals surface area (Å²) >= 11 is 0. The van der Waals surface area contributed by atoms with Gasteiger partial charge in [-0.2, -0.15) is 0 Å². The first-order valence-electron chi connectivity index (χ1n) is 3.10. The Bertz CT molecular complexity index is 52.3. The highest BCUT2D eigenvalue weighted by Crippen LogP contribution is 1.91. The van der Waals surface area contributed by atoms with E-state index in [1.54, 1.807) is 0 Å². The summed E-state index contributed by atoms with van der Waals surface area (Å²) < 4.78 is 9.75. The monoisotopic (exact) mass is 134 g/mol. The Morgan fingerprint density at radius 1 is 1.56 bits per heavy atom. The van der Waals surface area contributed by atoms with Crippen LogP contribution in [0.15, 0.2) is 0 Å². The second kappa shape index (κ2) is 6.01. The summed E-state index contributed by atoms with van der Waals surface area (Å²) in [5.74, 6) is 0. The molecule has 0 heterocycles. The lowest BCUT2D eigenvalue weighted by Gasteiger charge is -2.11. The fraction of sp³-hybridized carbons (Fsp3) is 1.00. The fourth-order valence-electron chi connectivity index (χ4n) is 0.445. The van der Waals surface area contributed by atoms with Gasteiger partial charge in [-0.05, 0) is 6.42 Å². The van der Waals surface area contributed by atoms with Crippen molar-refractivity contribution < 1.29 is 14.6 Å². The number of aliphatic hydroxyl groups is 1. The number of ether oxygens (including phenoxy) is 2. The van der Waals surface area contributed by atoms with Crippen molar-refractivity contribution in [3.63, 3.8) is 0 Å². The fourth-order valence-corrected chi connectivity index (χ4v) is 0.445. The molecule has 1 atom stereocenters. The van der Waals surface area contributed by atoms with Crippen LogP contribution in [-0.2, 0) is 9.47 Å². The molecular weight excluding hydrogens is 120 g/mol. The molecule has 0 aromatic heterocycles. The molecule has 0 fully saturated rings. The van der Waals surface area contributed by atoms with E-state index >= 15 is 0 Å². The van der Waals surface area contributed by atoms with Crippen LogP contribution in [0.25, 0.3) is 0 Å². The summed E-state index contributed by atoms with van der Waals surface area (Å²) in [5.41, 5.74) is 0. The number of rotatable bonds is 5. The van der Waals surface area contributed by atoms with Gasteiger partial charge in [-0.1, -0.05) is 6.92 Å². The number of aliphatic hydroxyl groups excluding tert-OH is 1. The Hall–Kier alpha value is -0.120. The highest BCUT2D eigenvalue weighted by atomic mass is 16.7. The molecule has 1 N–H and O–H groups in total. The zero-order chi connectivity index (χ0) is 7.11. The predicted molar refractivity (Wildman–Crippen MR) is 34.1 cm³/mol. The van der Waals surface area contributed by atoms with Gasteiger partial charge in [0, 0.05) is 13.7 Å². The molecule has 0 amide bonds. The van der Waals surface area contributed by atoms with Gasteiger partial charge in [0.2, 0.25) is 0 Å². The van der Waals surface area contributed by atoms with Crippen molar-refractivity contribution in [1.82, 2.24) is 0 Å². The molecule has 56 valence electrons. The Morgan fingerprint density at radius 3 is 2.56 bits per heavy atom. The molecule has 0 aromatic rings. The Morgan fingerprint density at radius 2 is 2.22 bits per heavy atom. The largest absolute Gasteiger partial charge is 0.391 e. The van der Waals surface area contributed by atoms with E-state index in [0.29, 0.717) is 6.61 Å². The first kappa shape index (κ1) is 8.88. The molecule has 0 saturated carbocycles. The van der Waals surface area contributed by atoms with Crippen molar-refractivity contribution in [1.29, 1.82) is 0 Å². The van der Waals surface area contributed by atoms with Crippen LogP contribution in [0.5, 0.6) is 0 Å². The first-order valence-corrected chi connectivity index (χ1v) is 3.10. The van der Waals surface area contributed by atoms with Gasteiger partial charge in [0.1, 0.15) is 0 Å². The van der Waals surface area contributed by atoms with Crippen molar-refractivity contribution in [2.75, 3.05) is 20.3 Å². The Kier molecular flexibility index (Phi) is 5.93. The van der Waals surface area contributed by atoms with E-state index < -0.39 is 6.29 Å². The molecule has 0 aromatic carbocycles. The standard InChI is InChI=1S/C6H14O3/c1-3-4-9-6(5-7)8-2/h6-7H,3-5H2,1-2H3. The molecule has 3 heteroatoms. The van der Waals surface area contributed by atoms with Crippen LogP contribution in [0.4, 0.5) is 0 Å². The molecule has 0 aliphatic heterocycles. The number of hydrogen-bond donors (Lipinski definition) is 1.